The Kier molecular flexibility index (Phi) is 7.36. The van der Waals surface area contributed by atoms with Crippen molar-refractivity contribution in [2.24, 2.45) is 0 Å². The van der Waals surface area contributed by atoms with E-state index < -0.39 is 6.10 Å². The largest absolute Gasteiger partial charge is 0.360 e. The summed E-state index contributed by atoms with van der Waals surface area (Å²) in [5.74, 6) is 0.0880. The monoisotopic (exact) mass is 443 g/mol. The highest BCUT2D eigenvalue weighted by atomic mass is 35.5. The number of piperidine rings is 1. The molecule has 1 spiro atoms. The van der Waals surface area contributed by atoms with Gasteiger partial charge >= 0.3 is 0 Å². The fourth-order valence-electron chi connectivity index (χ4n) is 4.36. The Morgan fingerprint density at radius 2 is 1.65 bits per heavy atom. The Bertz CT molecular complexity index is 885. The third kappa shape index (κ3) is 5.09. The fraction of sp³-hybridized carbons (Fsp3) is 0.417. The van der Waals surface area contributed by atoms with Gasteiger partial charge in [-0.1, -0.05) is 36.4 Å². The maximum Gasteiger partial charge on any atom is 0.255 e. The number of morpholine rings is 1. The number of hydrogen-bond donors (Lipinski definition) is 0. The number of rotatable bonds is 4. The van der Waals surface area contributed by atoms with Crippen molar-refractivity contribution in [1.82, 2.24) is 4.90 Å². The highest BCUT2D eigenvalue weighted by Crippen LogP contribution is 2.35. The van der Waals surface area contributed by atoms with Crippen LogP contribution in [0.4, 0.5) is 11.4 Å². The second kappa shape index (κ2) is 9.81. The molecule has 2 saturated heterocycles. The molecule has 2 fully saturated rings. The molecule has 0 radical (unpaired) electrons. The molecule has 31 heavy (non-hydrogen) atoms. The zero-order valence-corrected chi connectivity index (χ0v) is 18.9. The molecule has 1 atom stereocenters. The summed E-state index contributed by atoms with van der Waals surface area (Å²) in [7, 11) is 1.82. The normalized spacial score (nSPS) is 20.9. The average Bonchev–Trinajstić information content (AvgIpc) is 2.78. The minimum Gasteiger partial charge on any atom is -0.360 e. The number of anilines is 2. The smallest absolute Gasteiger partial charge is 0.255 e. The summed E-state index contributed by atoms with van der Waals surface area (Å²) in [6, 6.07) is 19.5. The lowest BCUT2D eigenvalue weighted by molar-refractivity contribution is -0.161. The Labute approximate surface area is 190 Å². The first-order chi connectivity index (χ1) is 14.5. The number of halogens is 1. The van der Waals surface area contributed by atoms with Crippen LogP contribution < -0.4 is 9.80 Å². The van der Waals surface area contributed by atoms with Gasteiger partial charge in [0.15, 0.2) is 0 Å². The van der Waals surface area contributed by atoms with Crippen molar-refractivity contribution in [2.75, 3.05) is 43.0 Å². The molecular weight excluding hydrogens is 414 g/mol. The second-order valence-electron chi connectivity index (χ2n) is 8.27. The number of carbonyl (C=O) groups is 2. The molecule has 7 heteroatoms. The molecule has 0 aromatic heterocycles. The molecule has 2 aromatic rings. The number of para-hydroxylation sites is 2. The lowest BCUT2D eigenvalue weighted by atomic mass is 9.88. The van der Waals surface area contributed by atoms with Crippen molar-refractivity contribution in [3.8, 4) is 0 Å². The van der Waals surface area contributed by atoms with Crippen molar-refractivity contribution in [1.29, 1.82) is 0 Å². The van der Waals surface area contributed by atoms with E-state index in [0.29, 0.717) is 13.1 Å². The highest BCUT2D eigenvalue weighted by molar-refractivity contribution is 5.97. The molecule has 2 aromatic carbocycles. The van der Waals surface area contributed by atoms with Gasteiger partial charge in [-0.05, 0) is 44.0 Å². The van der Waals surface area contributed by atoms with E-state index in [4.69, 9.17) is 4.74 Å². The van der Waals surface area contributed by atoms with Crippen LogP contribution in [-0.4, -0.2) is 61.6 Å². The topological polar surface area (TPSA) is 53.1 Å². The quantitative estimate of drug-likeness (QED) is 0.727. The summed E-state index contributed by atoms with van der Waals surface area (Å²) < 4.78 is 6.24. The van der Waals surface area contributed by atoms with E-state index in [1.807, 2.05) is 79.5 Å². The molecule has 2 aliphatic rings. The first kappa shape index (κ1) is 23.3. The minimum atomic E-state index is -0.462. The van der Waals surface area contributed by atoms with Gasteiger partial charge in [-0.2, -0.15) is 0 Å². The number of likely N-dealkylation sites (N-methyl/N-ethyl adjacent to an activating group) is 1. The molecule has 0 aliphatic carbocycles. The van der Waals surface area contributed by atoms with Crippen molar-refractivity contribution in [3.63, 3.8) is 0 Å². The van der Waals surface area contributed by atoms with Gasteiger partial charge in [0.25, 0.3) is 5.91 Å². The summed E-state index contributed by atoms with van der Waals surface area (Å²) >= 11 is 0. The van der Waals surface area contributed by atoms with Crippen LogP contribution in [0.3, 0.4) is 0 Å². The zero-order chi connectivity index (χ0) is 21.1. The van der Waals surface area contributed by atoms with E-state index in [1.54, 1.807) is 4.90 Å². The fourth-order valence-corrected chi connectivity index (χ4v) is 4.36. The molecule has 4 rings (SSSR count). The molecule has 0 N–H and O–H groups in total. The lowest BCUT2D eigenvalue weighted by Gasteiger charge is -2.49. The van der Waals surface area contributed by atoms with E-state index in [0.717, 1.165) is 37.3 Å². The second-order valence-corrected chi connectivity index (χ2v) is 8.27. The third-order valence-corrected chi connectivity index (χ3v) is 6.20. The number of hydrogen-bond acceptors (Lipinski definition) is 4. The predicted molar refractivity (Wildman–Crippen MR) is 125 cm³/mol. The van der Waals surface area contributed by atoms with Gasteiger partial charge in [0.1, 0.15) is 6.10 Å². The molecule has 6 nitrogen and oxygen atoms in total. The highest BCUT2D eigenvalue weighted by Gasteiger charge is 2.45. The van der Waals surface area contributed by atoms with E-state index in [-0.39, 0.29) is 29.8 Å². The van der Waals surface area contributed by atoms with Crippen LogP contribution in [0.2, 0.25) is 0 Å². The Balaban J connectivity index is 0.00000272. The van der Waals surface area contributed by atoms with Crippen LogP contribution in [0.25, 0.3) is 0 Å². The summed E-state index contributed by atoms with van der Waals surface area (Å²) in [5.41, 5.74) is 1.46. The van der Waals surface area contributed by atoms with Crippen LogP contribution in [-0.2, 0) is 14.3 Å². The summed E-state index contributed by atoms with van der Waals surface area (Å²) in [4.78, 5) is 31.2. The van der Waals surface area contributed by atoms with Gasteiger partial charge in [-0.25, -0.2) is 0 Å². The maximum atomic E-state index is 12.7. The van der Waals surface area contributed by atoms with Crippen LogP contribution in [0, 0.1) is 0 Å². The molecule has 166 valence electrons. The van der Waals surface area contributed by atoms with Crippen LogP contribution in [0.5, 0.6) is 0 Å². The third-order valence-electron chi connectivity index (χ3n) is 6.20. The number of ether oxygens (including phenoxy) is 1. The van der Waals surface area contributed by atoms with E-state index >= 15 is 0 Å². The van der Waals surface area contributed by atoms with Gasteiger partial charge in [-0.3, -0.25) is 14.5 Å². The Morgan fingerprint density at radius 3 is 2.26 bits per heavy atom. The van der Waals surface area contributed by atoms with Gasteiger partial charge in [0.05, 0.1) is 18.7 Å². The molecule has 0 bridgehead atoms. The molecule has 2 aliphatic heterocycles. The lowest BCUT2D eigenvalue weighted by Crippen LogP contribution is -2.62. The van der Waals surface area contributed by atoms with Gasteiger partial charge in [0.2, 0.25) is 5.91 Å². The molecule has 2 amide bonds. The summed E-state index contributed by atoms with van der Waals surface area (Å²) in [5, 5.41) is 0. The van der Waals surface area contributed by atoms with Crippen molar-refractivity contribution < 1.29 is 14.3 Å². The van der Waals surface area contributed by atoms with Crippen molar-refractivity contribution in [3.05, 3.63) is 60.7 Å². The average molecular weight is 444 g/mol. The molecule has 0 saturated carbocycles. The molecular formula is C24H30ClN3O3. The van der Waals surface area contributed by atoms with Crippen LogP contribution >= 0.6 is 12.4 Å². The van der Waals surface area contributed by atoms with E-state index in [2.05, 4.69) is 4.90 Å². The first-order valence-electron chi connectivity index (χ1n) is 10.6. The summed E-state index contributed by atoms with van der Waals surface area (Å²) in [6.45, 7) is 4.34. The Hall–Kier alpha value is -2.41. The summed E-state index contributed by atoms with van der Waals surface area (Å²) in [6.07, 6.45) is 1.14. The molecule has 2 heterocycles. The maximum absolute atomic E-state index is 12.7. The standard InChI is InChI=1S/C24H29N3O3.ClH/c1-19-23(29)27(21-11-7-4-8-12-21)18-24(30-19)13-15-26(16-14-24)17-22(28)25(2)20-9-5-3-6-10-20;/h3-12,19H,13-18H2,1-2H3;1H. The van der Waals surface area contributed by atoms with Gasteiger partial charge < -0.3 is 14.5 Å². The van der Waals surface area contributed by atoms with Gasteiger partial charge in [0, 0.05) is 31.5 Å². The number of likely N-dealkylation sites (tertiary alicyclic amines) is 1. The van der Waals surface area contributed by atoms with Crippen molar-refractivity contribution >= 4 is 35.6 Å². The number of carbonyl (C=O) groups excluding carboxylic acids is 2. The van der Waals surface area contributed by atoms with E-state index in [1.165, 1.54) is 0 Å². The number of amides is 2. The number of nitrogens with zero attached hydrogens (tertiary/aromatic N) is 3. The van der Waals surface area contributed by atoms with Crippen molar-refractivity contribution in [2.45, 2.75) is 31.5 Å². The SMILES string of the molecule is CC1OC2(CCN(CC(=O)N(C)c3ccccc3)CC2)CN(c2ccccc2)C1=O.Cl. The first-order valence-corrected chi connectivity index (χ1v) is 10.6. The molecule has 1 unspecified atom stereocenters. The van der Waals surface area contributed by atoms with Crippen LogP contribution in [0.15, 0.2) is 60.7 Å². The predicted octanol–water partition coefficient (Wildman–Crippen LogP) is 3.36. The Morgan fingerprint density at radius 1 is 1.06 bits per heavy atom. The van der Waals surface area contributed by atoms with Crippen LogP contribution in [0.1, 0.15) is 19.8 Å². The van der Waals surface area contributed by atoms with E-state index in [9.17, 15) is 9.59 Å². The minimum absolute atomic E-state index is 0. The zero-order valence-electron chi connectivity index (χ0n) is 18.1. The van der Waals surface area contributed by atoms with Gasteiger partial charge in [-0.15, -0.1) is 12.4 Å². The number of benzene rings is 2.